The molecule has 3 atom stereocenters. The average Bonchev–Trinajstić information content (AvgIpc) is 2.49. The van der Waals surface area contributed by atoms with Crippen molar-refractivity contribution in [3.05, 3.63) is 57.9 Å². The Hall–Kier alpha value is -1.66. The van der Waals surface area contributed by atoms with E-state index in [2.05, 4.69) is 15.9 Å². The third-order valence-corrected chi connectivity index (χ3v) is 5.07. The summed E-state index contributed by atoms with van der Waals surface area (Å²) in [6.07, 6.45) is 1.47. The van der Waals surface area contributed by atoms with Gasteiger partial charge in [-0.1, -0.05) is 45.7 Å². The molecule has 0 heterocycles. The Morgan fingerprint density at radius 2 is 1.83 bits per heavy atom. The Balaban J connectivity index is 2.79. The van der Waals surface area contributed by atoms with Crippen LogP contribution in [-0.4, -0.2) is 27.0 Å². The quantitative estimate of drug-likeness (QED) is 0.716. The van der Waals surface area contributed by atoms with Crippen LogP contribution in [0.2, 0.25) is 0 Å². The van der Waals surface area contributed by atoms with Gasteiger partial charge in [-0.25, -0.2) is 9.18 Å². The number of benzene rings is 1. The first-order chi connectivity index (χ1) is 11.1. The van der Waals surface area contributed by atoms with E-state index >= 15 is 0 Å². The summed E-state index contributed by atoms with van der Waals surface area (Å²) < 4.78 is 13.2. The van der Waals surface area contributed by atoms with Crippen molar-refractivity contribution in [3.8, 4) is 0 Å². The van der Waals surface area contributed by atoms with Gasteiger partial charge in [0.15, 0.2) is 0 Å². The maximum Gasteiger partial charge on any atom is 0.333 e. The number of aliphatic carboxylic acids is 2. The van der Waals surface area contributed by atoms with Crippen molar-refractivity contribution in [2.75, 3.05) is 0 Å². The molecule has 0 aliphatic heterocycles. The van der Waals surface area contributed by atoms with Crippen LogP contribution in [0.15, 0.2) is 46.5 Å². The molecule has 7 heteroatoms. The maximum atomic E-state index is 13.2. The van der Waals surface area contributed by atoms with Crippen LogP contribution in [0.25, 0.3) is 0 Å². The van der Waals surface area contributed by atoms with E-state index in [9.17, 15) is 24.2 Å². The second-order valence-corrected chi connectivity index (χ2v) is 7.57. The smallest absolute Gasteiger partial charge is 0.333 e. The maximum absolute atomic E-state index is 13.2. The van der Waals surface area contributed by atoms with Gasteiger partial charge in [-0.15, -0.1) is 0 Å². The molecule has 2 rings (SSSR count). The third-order valence-electron chi connectivity index (χ3n) is 4.16. The first kappa shape index (κ1) is 18.7. The lowest BCUT2D eigenvalue weighted by Crippen LogP contribution is -2.39. The first-order valence-corrected chi connectivity index (χ1v) is 8.38. The highest BCUT2D eigenvalue weighted by atomic mass is 79.9. The van der Waals surface area contributed by atoms with Crippen molar-refractivity contribution in [1.82, 2.24) is 0 Å². The molecule has 1 aromatic rings. The number of rotatable bonds is 4. The van der Waals surface area contributed by atoms with E-state index in [-0.39, 0.29) is 15.4 Å². The second-order valence-electron chi connectivity index (χ2n) is 5.82. The molecule has 0 amide bonds. The zero-order valence-corrected chi connectivity index (χ0v) is 15.2. The standard InChI is InChI=1S/C17H15BrClFO4/c1-8(18)11-7-17(2,16(23)24)13(12(14(11)19)15(21)22)9-3-5-10(20)6-4-9/h3-8,13H,1-2H3,(H,21,22)(H,23,24). The van der Waals surface area contributed by atoms with Gasteiger partial charge in [0.2, 0.25) is 0 Å². The Labute approximate surface area is 151 Å². The Morgan fingerprint density at radius 3 is 2.25 bits per heavy atom. The van der Waals surface area contributed by atoms with Gasteiger partial charge in [-0.05, 0) is 37.1 Å². The van der Waals surface area contributed by atoms with Crippen molar-refractivity contribution in [2.45, 2.75) is 24.6 Å². The fourth-order valence-electron chi connectivity index (χ4n) is 2.91. The molecular formula is C17H15BrClFO4. The van der Waals surface area contributed by atoms with Crippen molar-refractivity contribution in [3.63, 3.8) is 0 Å². The molecule has 4 nitrogen and oxygen atoms in total. The van der Waals surface area contributed by atoms with Crippen molar-refractivity contribution in [2.24, 2.45) is 5.41 Å². The Bertz CT molecular complexity index is 754. The van der Waals surface area contributed by atoms with Crippen LogP contribution in [-0.2, 0) is 9.59 Å². The minimum absolute atomic E-state index is 0.0000694. The summed E-state index contributed by atoms with van der Waals surface area (Å²) in [6.45, 7) is 3.17. The highest BCUT2D eigenvalue weighted by molar-refractivity contribution is 9.09. The average molecular weight is 418 g/mol. The van der Waals surface area contributed by atoms with Gasteiger partial charge in [0.1, 0.15) is 5.82 Å². The fraction of sp³-hybridized carbons (Fsp3) is 0.294. The van der Waals surface area contributed by atoms with Crippen molar-refractivity contribution >= 4 is 39.5 Å². The summed E-state index contributed by atoms with van der Waals surface area (Å²) >= 11 is 9.60. The lowest BCUT2D eigenvalue weighted by atomic mass is 9.65. The van der Waals surface area contributed by atoms with Gasteiger partial charge in [0.05, 0.1) is 16.0 Å². The number of carboxylic acid groups (broad SMARTS) is 2. The van der Waals surface area contributed by atoms with Crippen LogP contribution in [0.3, 0.4) is 0 Å². The largest absolute Gasteiger partial charge is 0.481 e. The van der Waals surface area contributed by atoms with Crippen LogP contribution in [0, 0.1) is 11.2 Å². The first-order valence-electron chi connectivity index (χ1n) is 7.08. The molecule has 0 bridgehead atoms. The zero-order chi connectivity index (χ0) is 18.2. The monoisotopic (exact) mass is 416 g/mol. The summed E-state index contributed by atoms with van der Waals surface area (Å²) in [5.74, 6) is -4.04. The number of carbonyl (C=O) groups is 2. The summed E-state index contributed by atoms with van der Waals surface area (Å²) in [6, 6.07) is 5.09. The highest BCUT2D eigenvalue weighted by Gasteiger charge is 2.49. The van der Waals surface area contributed by atoms with E-state index in [4.69, 9.17) is 11.6 Å². The fourth-order valence-corrected chi connectivity index (χ4v) is 3.81. The summed E-state index contributed by atoms with van der Waals surface area (Å²) in [4.78, 5) is 23.5. The van der Waals surface area contributed by atoms with Crippen LogP contribution < -0.4 is 0 Å². The van der Waals surface area contributed by atoms with E-state index in [0.29, 0.717) is 11.1 Å². The number of halogens is 3. The van der Waals surface area contributed by atoms with Crippen LogP contribution in [0.5, 0.6) is 0 Å². The second kappa shape index (κ2) is 6.69. The topological polar surface area (TPSA) is 74.6 Å². The molecule has 2 N–H and O–H groups in total. The lowest BCUT2D eigenvalue weighted by molar-refractivity contribution is -0.146. The number of carboxylic acids is 2. The van der Waals surface area contributed by atoms with E-state index in [1.54, 1.807) is 6.92 Å². The molecule has 0 fully saturated rings. The minimum Gasteiger partial charge on any atom is -0.481 e. The van der Waals surface area contributed by atoms with Gasteiger partial charge in [-0.2, -0.15) is 0 Å². The van der Waals surface area contributed by atoms with Gasteiger partial charge in [-0.3, -0.25) is 4.79 Å². The van der Waals surface area contributed by atoms with Crippen LogP contribution >= 0.6 is 27.5 Å². The number of hydrogen-bond acceptors (Lipinski definition) is 2. The van der Waals surface area contributed by atoms with Gasteiger partial charge >= 0.3 is 11.9 Å². The molecule has 128 valence electrons. The molecule has 1 aliphatic carbocycles. The van der Waals surface area contributed by atoms with Gasteiger partial charge < -0.3 is 10.2 Å². The molecule has 0 saturated carbocycles. The Kier molecular flexibility index (Phi) is 5.20. The summed E-state index contributed by atoms with van der Waals surface area (Å²) in [7, 11) is 0. The van der Waals surface area contributed by atoms with Crippen molar-refractivity contribution < 1.29 is 24.2 Å². The van der Waals surface area contributed by atoms with Gasteiger partial charge in [0.25, 0.3) is 0 Å². The molecule has 0 aromatic heterocycles. The van der Waals surface area contributed by atoms with E-state index in [0.717, 1.165) is 12.1 Å². The molecule has 0 saturated heterocycles. The lowest BCUT2D eigenvalue weighted by Gasteiger charge is -2.37. The minimum atomic E-state index is -1.54. The molecular weight excluding hydrogens is 403 g/mol. The Morgan fingerprint density at radius 1 is 1.29 bits per heavy atom. The third kappa shape index (κ3) is 3.13. The van der Waals surface area contributed by atoms with Crippen LogP contribution in [0.1, 0.15) is 25.3 Å². The highest BCUT2D eigenvalue weighted by Crippen LogP contribution is 2.51. The summed E-state index contributed by atoms with van der Waals surface area (Å²) in [5.41, 5.74) is -0.981. The van der Waals surface area contributed by atoms with Crippen molar-refractivity contribution in [1.29, 1.82) is 0 Å². The SMILES string of the molecule is CC(Br)C1=CC(C)(C(=O)O)C(c2ccc(F)cc2)C(C(=O)O)=C1Cl. The predicted molar refractivity (Wildman–Crippen MR) is 91.9 cm³/mol. The van der Waals surface area contributed by atoms with E-state index in [1.807, 2.05) is 0 Å². The predicted octanol–water partition coefficient (Wildman–Crippen LogP) is 4.30. The number of alkyl halides is 1. The van der Waals surface area contributed by atoms with E-state index in [1.165, 1.54) is 25.1 Å². The van der Waals surface area contributed by atoms with Gasteiger partial charge in [0, 0.05) is 10.7 Å². The molecule has 24 heavy (non-hydrogen) atoms. The normalized spacial score (nSPS) is 25.2. The number of hydrogen-bond donors (Lipinski definition) is 2. The molecule has 1 aliphatic rings. The van der Waals surface area contributed by atoms with E-state index < -0.39 is 29.1 Å². The molecule has 1 aromatic carbocycles. The summed E-state index contributed by atoms with van der Waals surface area (Å²) in [5, 5.41) is 19.4. The molecule has 0 radical (unpaired) electrons. The number of allylic oxidation sites excluding steroid dienone is 2. The van der Waals surface area contributed by atoms with Crippen LogP contribution in [0.4, 0.5) is 4.39 Å². The zero-order valence-electron chi connectivity index (χ0n) is 12.9. The molecule has 3 unspecified atom stereocenters. The molecule has 0 spiro atoms.